The summed E-state index contributed by atoms with van der Waals surface area (Å²) < 4.78 is 42.3. The number of carbonyl (C=O) groups is 1. The number of carbonyl (C=O) groups excluding carboxylic acids is 1. The molecule has 0 unspecified atom stereocenters. The van der Waals surface area contributed by atoms with Crippen LogP contribution in [0.25, 0.3) is 11.0 Å². The fourth-order valence-electron chi connectivity index (χ4n) is 5.00. The molecule has 2 N–H and O–H groups in total. The van der Waals surface area contributed by atoms with Crippen molar-refractivity contribution in [3.8, 4) is 0 Å². The number of fused-ring (bicyclic) bond motifs is 1. The number of hydrogen-bond acceptors (Lipinski definition) is 7. The monoisotopic (exact) mass is 516 g/mol. The van der Waals surface area contributed by atoms with E-state index in [1.807, 2.05) is 0 Å². The second-order valence-electron chi connectivity index (χ2n) is 10.1. The van der Waals surface area contributed by atoms with Crippen molar-refractivity contribution in [2.75, 3.05) is 31.5 Å². The number of amides is 1. The van der Waals surface area contributed by atoms with Gasteiger partial charge in [-0.3, -0.25) is 19.1 Å². The van der Waals surface area contributed by atoms with E-state index in [4.69, 9.17) is 0 Å². The Morgan fingerprint density at radius 2 is 1.89 bits per heavy atom. The van der Waals surface area contributed by atoms with Crippen LogP contribution >= 0.6 is 0 Å². The lowest BCUT2D eigenvalue weighted by atomic mass is 9.92. The predicted octanol–water partition coefficient (Wildman–Crippen LogP) is 2.47. The highest BCUT2D eigenvalue weighted by atomic mass is 19.3. The number of pyridine rings is 1. The molecule has 0 saturated carbocycles. The molecule has 9 nitrogen and oxygen atoms in total. The summed E-state index contributed by atoms with van der Waals surface area (Å²) in [6, 6.07) is 4.60. The van der Waals surface area contributed by atoms with E-state index in [1.54, 1.807) is 18.7 Å². The Morgan fingerprint density at radius 3 is 2.54 bits per heavy atom. The number of halogens is 3. The molecule has 3 aromatic rings. The van der Waals surface area contributed by atoms with Gasteiger partial charge in [-0.25, -0.2) is 23.1 Å². The number of likely N-dealkylation sites (tertiary alicyclic amines) is 2. The van der Waals surface area contributed by atoms with Crippen molar-refractivity contribution in [3.63, 3.8) is 0 Å². The topological polar surface area (TPSA) is 104 Å². The highest BCUT2D eigenvalue weighted by molar-refractivity contribution is 5.99. The van der Waals surface area contributed by atoms with E-state index >= 15 is 0 Å². The van der Waals surface area contributed by atoms with Crippen molar-refractivity contribution < 1.29 is 23.1 Å². The Kier molecular flexibility index (Phi) is 6.19. The first-order chi connectivity index (χ1) is 17.5. The van der Waals surface area contributed by atoms with Crippen LogP contribution in [0, 0.1) is 5.82 Å². The minimum atomic E-state index is -2.95. The summed E-state index contributed by atoms with van der Waals surface area (Å²) in [6.45, 7) is 5.35. The first-order valence-corrected chi connectivity index (χ1v) is 11.9. The van der Waals surface area contributed by atoms with Crippen molar-refractivity contribution in [2.45, 2.75) is 38.0 Å². The average Bonchev–Trinajstić information content (AvgIpc) is 2.79. The quantitative estimate of drug-likeness (QED) is 0.519. The van der Waals surface area contributed by atoms with Crippen LogP contribution in [0.3, 0.4) is 0 Å². The van der Waals surface area contributed by atoms with Gasteiger partial charge in [-0.05, 0) is 19.9 Å². The molecule has 196 valence electrons. The number of β-amino-alcohol motifs (C(OH)–C–C–N with tert-alkyl or cyclic N) is 1. The van der Waals surface area contributed by atoms with Gasteiger partial charge in [0.2, 0.25) is 0 Å². The van der Waals surface area contributed by atoms with E-state index in [9.17, 15) is 27.9 Å². The Labute approximate surface area is 210 Å². The lowest BCUT2D eigenvalue weighted by Crippen LogP contribution is -2.71. The molecule has 1 amide bonds. The molecule has 1 aromatic carbocycles. The summed E-state index contributed by atoms with van der Waals surface area (Å²) in [5.74, 6) is -1.20. The van der Waals surface area contributed by atoms with Crippen LogP contribution in [0.1, 0.15) is 47.8 Å². The largest absolute Gasteiger partial charge is 0.388 e. The third kappa shape index (κ3) is 4.44. The zero-order valence-corrected chi connectivity index (χ0v) is 20.6. The fraction of sp³-hybridized carbons (Fsp3) is 0.440. The lowest BCUT2D eigenvalue weighted by molar-refractivity contribution is -0.123. The first kappa shape index (κ1) is 25.2. The molecule has 0 aliphatic carbocycles. The second kappa shape index (κ2) is 9.10. The van der Waals surface area contributed by atoms with Gasteiger partial charge in [-0.2, -0.15) is 0 Å². The SMILES string of the molecule is C[C@@H](Nc1ncnc2c1cc(C(=O)N1CC(N3CC(C)(O)C3)C1)c(=O)n2C)c1cccc(C(F)F)c1F. The van der Waals surface area contributed by atoms with Crippen LogP contribution in [-0.4, -0.2) is 73.2 Å². The Hall–Kier alpha value is -3.51. The molecule has 2 saturated heterocycles. The van der Waals surface area contributed by atoms with E-state index in [1.165, 1.54) is 36.1 Å². The highest BCUT2D eigenvalue weighted by Gasteiger charge is 2.45. The summed E-state index contributed by atoms with van der Waals surface area (Å²) in [7, 11) is 1.49. The van der Waals surface area contributed by atoms with Gasteiger partial charge < -0.3 is 15.3 Å². The van der Waals surface area contributed by atoms with Crippen molar-refractivity contribution in [1.29, 1.82) is 0 Å². The summed E-state index contributed by atoms with van der Waals surface area (Å²) in [4.78, 5) is 38.3. The molecular formula is C25H27F3N6O3. The van der Waals surface area contributed by atoms with E-state index in [-0.39, 0.29) is 28.6 Å². The third-order valence-electron chi connectivity index (χ3n) is 7.10. The smallest absolute Gasteiger partial charge is 0.266 e. The Bertz CT molecular complexity index is 1430. The lowest BCUT2D eigenvalue weighted by Gasteiger charge is -2.54. The average molecular weight is 517 g/mol. The van der Waals surface area contributed by atoms with Gasteiger partial charge in [0, 0.05) is 44.8 Å². The third-order valence-corrected chi connectivity index (χ3v) is 7.10. The van der Waals surface area contributed by atoms with Crippen molar-refractivity contribution in [3.05, 3.63) is 63.5 Å². The molecule has 37 heavy (non-hydrogen) atoms. The van der Waals surface area contributed by atoms with E-state index in [2.05, 4.69) is 20.2 Å². The molecule has 0 spiro atoms. The van der Waals surface area contributed by atoms with Crippen LogP contribution < -0.4 is 10.9 Å². The van der Waals surface area contributed by atoms with Gasteiger partial charge in [0.1, 0.15) is 29.2 Å². The molecular weight excluding hydrogens is 489 g/mol. The highest BCUT2D eigenvalue weighted by Crippen LogP contribution is 2.31. The van der Waals surface area contributed by atoms with Gasteiger partial charge in [-0.15, -0.1) is 0 Å². The normalized spacial score (nSPS) is 18.5. The van der Waals surface area contributed by atoms with E-state index in [0.29, 0.717) is 31.6 Å². The van der Waals surface area contributed by atoms with Gasteiger partial charge >= 0.3 is 0 Å². The Balaban J connectivity index is 1.42. The number of aliphatic hydroxyl groups is 1. The maximum atomic E-state index is 14.7. The van der Waals surface area contributed by atoms with E-state index in [0.717, 1.165) is 6.07 Å². The molecule has 4 heterocycles. The number of rotatable bonds is 6. The summed E-state index contributed by atoms with van der Waals surface area (Å²) in [5, 5.41) is 13.3. The number of hydrogen-bond donors (Lipinski definition) is 2. The number of anilines is 1. The molecule has 5 rings (SSSR count). The van der Waals surface area contributed by atoms with Crippen LogP contribution in [0.5, 0.6) is 0 Å². The van der Waals surface area contributed by atoms with Gasteiger partial charge in [0.25, 0.3) is 17.9 Å². The first-order valence-electron chi connectivity index (χ1n) is 11.9. The second-order valence-corrected chi connectivity index (χ2v) is 10.1. The summed E-state index contributed by atoms with van der Waals surface area (Å²) in [6.07, 6.45) is -1.72. The number of aryl methyl sites for hydroxylation is 1. The molecule has 2 aliphatic heterocycles. The van der Waals surface area contributed by atoms with Crippen molar-refractivity contribution in [1.82, 2.24) is 24.3 Å². The minimum absolute atomic E-state index is 0.0299. The molecule has 0 bridgehead atoms. The molecule has 2 fully saturated rings. The summed E-state index contributed by atoms with van der Waals surface area (Å²) >= 11 is 0. The van der Waals surface area contributed by atoms with Gasteiger partial charge in [-0.1, -0.05) is 18.2 Å². The molecule has 2 aliphatic rings. The molecule has 1 atom stereocenters. The van der Waals surface area contributed by atoms with Gasteiger partial charge in [0.15, 0.2) is 0 Å². The maximum Gasteiger partial charge on any atom is 0.266 e. The maximum absolute atomic E-state index is 14.7. The van der Waals surface area contributed by atoms with Crippen molar-refractivity contribution >= 4 is 22.8 Å². The van der Waals surface area contributed by atoms with Crippen LogP contribution in [-0.2, 0) is 7.05 Å². The zero-order valence-electron chi connectivity index (χ0n) is 20.6. The summed E-state index contributed by atoms with van der Waals surface area (Å²) in [5.41, 5.74) is -1.67. The number of aromatic nitrogens is 3. The van der Waals surface area contributed by atoms with Crippen LogP contribution in [0.4, 0.5) is 19.0 Å². The molecule has 2 aromatic heterocycles. The Morgan fingerprint density at radius 1 is 1.22 bits per heavy atom. The van der Waals surface area contributed by atoms with Crippen LogP contribution in [0.2, 0.25) is 0 Å². The fourth-order valence-corrected chi connectivity index (χ4v) is 5.00. The number of alkyl halides is 2. The minimum Gasteiger partial charge on any atom is -0.388 e. The van der Waals surface area contributed by atoms with Crippen molar-refractivity contribution in [2.24, 2.45) is 7.05 Å². The predicted molar refractivity (Wildman–Crippen MR) is 130 cm³/mol. The standard InChI is InChI=1S/C25H27F3N6O3/c1-13(15-5-4-6-16(19(15)26)20(27)28)31-21-17-7-18(23(35)32(3)22(17)30-12-29-21)24(36)33-8-14(9-33)34-10-25(2,37)11-34/h4-7,12-14,20,37H,8-11H2,1-3H3,(H,29,30,31)/t13-/m1/s1. The zero-order chi connectivity index (χ0) is 26.6. The van der Waals surface area contributed by atoms with E-state index < -0.39 is 40.9 Å². The number of nitrogens with zero attached hydrogens (tertiary/aromatic N) is 5. The molecule has 0 radical (unpaired) electrons. The number of benzene rings is 1. The number of nitrogens with one attached hydrogen (secondary N) is 1. The molecule has 12 heteroatoms. The van der Waals surface area contributed by atoms with Gasteiger partial charge in [0.05, 0.1) is 22.6 Å². The van der Waals surface area contributed by atoms with Crippen LogP contribution in [0.15, 0.2) is 35.4 Å².